The average Bonchev–Trinajstić information content (AvgIpc) is 2.68. The van der Waals surface area contributed by atoms with Gasteiger partial charge in [0.05, 0.1) is 18.5 Å². The number of hydrogen-bond acceptors (Lipinski definition) is 2. The maximum atomic E-state index is 5.50. The van der Waals surface area contributed by atoms with E-state index in [0.29, 0.717) is 6.61 Å². The lowest BCUT2D eigenvalue weighted by Crippen LogP contribution is -1.98. The van der Waals surface area contributed by atoms with Crippen LogP contribution in [0, 0.1) is 13.8 Å². The van der Waals surface area contributed by atoms with Crippen LogP contribution < -0.4 is 4.74 Å². The van der Waals surface area contributed by atoms with Crippen molar-refractivity contribution < 1.29 is 4.74 Å². The Morgan fingerprint density at radius 1 is 1.31 bits per heavy atom. The first-order valence-electron chi connectivity index (χ1n) is 5.46. The van der Waals surface area contributed by atoms with Gasteiger partial charge in [-0.1, -0.05) is 0 Å². The Morgan fingerprint density at radius 2 is 2.12 bits per heavy atom. The molecule has 3 heteroatoms. The molecule has 1 aromatic carbocycles. The molecule has 0 saturated carbocycles. The minimum atomic E-state index is 0.696. The highest BCUT2D eigenvalue weighted by atomic mass is 16.5. The van der Waals surface area contributed by atoms with Crippen LogP contribution >= 0.6 is 0 Å². The van der Waals surface area contributed by atoms with Gasteiger partial charge in [-0.25, -0.2) is 4.68 Å². The summed E-state index contributed by atoms with van der Waals surface area (Å²) in [7, 11) is 0. The SMILES string of the molecule is CCOc1ccc(-n2cc(C)cn2)cc1C. The van der Waals surface area contributed by atoms with Gasteiger partial charge in [-0.2, -0.15) is 5.10 Å². The number of aryl methyl sites for hydroxylation is 2. The van der Waals surface area contributed by atoms with Crippen molar-refractivity contribution in [2.75, 3.05) is 6.61 Å². The number of rotatable bonds is 3. The molecule has 0 aliphatic carbocycles. The minimum Gasteiger partial charge on any atom is -0.494 e. The van der Waals surface area contributed by atoms with Crippen molar-refractivity contribution in [3.05, 3.63) is 41.7 Å². The third-order valence-electron chi connectivity index (χ3n) is 2.43. The van der Waals surface area contributed by atoms with Crippen LogP contribution in [0.2, 0.25) is 0 Å². The Morgan fingerprint density at radius 3 is 2.69 bits per heavy atom. The molecule has 3 nitrogen and oxygen atoms in total. The molecule has 0 aliphatic rings. The molecule has 0 unspecified atom stereocenters. The van der Waals surface area contributed by atoms with E-state index >= 15 is 0 Å². The summed E-state index contributed by atoms with van der Waals surface area (Å²) < 4.78 is 7.38. The van der Waals surface area contributed by atoms with E-state index in [9.17, 15) is 0 Å². The highest BCUT2D eigenvalue weighted by Gasteiger charge is 2.02. The lowest BCUT2D eigenvalue weighted by atomic mass is 10.2. The quantitative estimate of drug-likeness (QED) is 0.788. The first kappa shape index (κ1) is 10.7. The van der Waals surface area contributed by atoms with Crippen LogP contribution in [-0.2, 0) is 0 Å². The fraction of sp³-hybridized carbons (Fsp3) is 0.308. The van der Waals surface area contributed by atoms with E-state index < -0.39 is 0 Å². The Balaban J connectivity index is 2.34. The van der Waals surface area contributed by atoms with Crippen molar-refractivity contribution in [2.24, 2.45) is 0 Å². The van der Waals surface area contributed by atoms with Crippen LogP contribution in [-0.4, -0.2) is 16.4 Å². The van der Waals surface area contributed by atoms with Gasteiger partial charge < -0.3 is 4.74 Å². The van der Waals surface area contributed by atoms with Crippen molar-refractivity contribution in [1.29, 1.82) is 0 Å². The van der Waals surface area contributed by atoms with Gasteiger partial charge in [0.2, 0.25) is 0 Å². The lowest BCUT2D eigenvalue weighted by Gasteiger charge is -2.08. The zero-order valence-electron chi connectivity index (χ0n) is 9.90. The number of aromatic nitrogens is 2. The molecule has 16 heavy (non-hydrogen) atoms. The number of ether oxygens (including phenoxy) is 1. The standard InChI is InChI=1S/C13H16N2O/c1-4-16-13-6-5-12(7-11(13)3)15-9-10(2)8-14-15/h5-9H,4H2,1-3H3. The zero-order chi connectivity index (χ0) is 11.5. The summed E-state index contributed by atoms with van der Waals surface area (Å²) in [6, 6.07) is 6.09. The monoisotopic (exact) mass is 216 g/mol. The highest BCUT2D eigenvalue weighted by Crippen LogP contribution is 2.21. The molecule has 84 valence electrons. The number of hydrogen-bond donors (Lipinski definition) is 0. The van der Waals surface area contributed by atoms with Crippen molar-refractivity contribution in [1.82, 2.24) is 9.78 Å². The normalized spacial score (nSPS) is 10.4. The average molecular weight is 216 g/mol. The van der Waals surface area contributed by atoms with Gasteiger partial charge >= 0.3 is 0 Å². The van der Waals surface area contributed by atoms with Crippen LogP contribution in [0.25, 0.3) is 5.69 Å². The van der Waals surface area contributed by atoms with Gasteiger partial charge in [-0.05, 0) is 50.1 Å². The van der Waals surface area contributed by atoms with Gasteiger partial charge in [0.1, 0.15) is 5.75 Å². The predicted octanol–water partition coefficient (Wildman–Crippen LogP) is 2.89. The lowest BCUT2D eigenvalue weighted by molar-refractivity contribution is 0.338. The fourth-order valence-electron chi connectivity index (χ4n) is 1.65. The van der Waals surface area contributed by atoms with Crippen LogP contribution in [0.4, 0.5) is 0 Å². The number of nitrogens with zero attached hydrogens (tertiary/aromatic N) is 2. The minimum absolute atomic E-state index is 0.696. The Hall–Kier alpha value is -1.77. The molecular weight excluding hydrogens is 200 g/mol. The second-order valence-electron chi connectivity index (χ2n) is 3.85. The Bertz CT molecular complexity index is 488. The van der Waals surface area contributed by atoms with E-state index in [1.807, 2.05) is 50.0 Å². The maximum Gasteiger partial charge on any atom is 0.122 e. The first-order valence-corrected chi connectivity index (χ1v) is 5.46. The smallest absolute Gasteiger partial charge is 0.122 e. The summed E-state index contributed by atoms with van der Waals surface area (Å²) in [4.78, 5) is 0. The van der Waals surface area contributed by atoms with E-state index in [0.717, 1.165) is 22.6 Å². The molecule has 0 atom stereocenters. The van der Waals surface area contributed by atoms with Crippen molar-refractivity contribution >= 4 is 0 Å². The van der Waals surface area contributed by atoms with E-state index in [1.165, 1.54) is 0 Å². The predicted molar refractivity (Wildman–Crippen MR) is 64.2 cm³/mol. The van der Waals surface area contributed by atoms with Gasteiger partial charge in [-0.3, -0.25) is 0 Å². The molecular formula is C13H16N2O. The van der Waals surface area contributed by atoms with Gasteiger partial charge in [0, 0.05) is 6.20 Å². The van der Waals surface area contributed by atoms with E-state index in [2.05, 4.69) is 11.2 Å². The van der Waals surface area contributed by atoms with E-state index in [4.69, 9.17) is 4.74 Å². The summed E-state index contributed by atoms with van der Waals surface area (Å²) in [6.07, 6.45) is 3.86. The van der Waals surface area contributed by atoms with Crippen molar-refractivity contribution in [3.63, 3.8) is 0 Å². The summed E-state index contributed by atoms with van der Waals surface area (Å²) in [5.74, 6) is 0.940. The molecule has 0 N–H and O–H groups in total. The van der Waals surface area contributed by atoms with E-state index in [-0.39, 0.29) is 0 Å². The van der Waals surface area contributed by atoms with Gasteiger partial charge in [0.15, 0.2) is 0 Å². The molecule has 0 aliphatic heterocycles. The number of benzene rings is 1. The third-order valence-corrected chi connectivity index (χ3v) is 2.43. The molecule has 1 heterocycles. The van der Waals surface area contributed by atoms with Gasteiger partial charge in [-0.15, -0.1) is 0 Å². The topological polar surface area (TPSA) is 27.1 Å². The molecule has 0 fully saturated rings. The molecule has 0 radical (unpaired) electrons. The molecule has 0 bridgehead atoms. The van der Waals surface area contributed by atoms with Crippen molar-refractivity contribution in [2.45, 2.75) is 20.8 Å². The Labute approximate surface area is 95.7 Å². The zero-order valence-corrected chi connectivity index (χ0v) is 9.90. The largest absolute Gasteiger partial charge is 0.494 e. The second-order valence-corrected chi connectivity index (χ2v) is 3.85. The molecule has 1 aromatic heterocycles. The van der Waals surface area contributed by atoms with Crippen LogP contribution in [0.15, 0.2) is 30.6 Å². The summed E-state index contributed by atoms with van der Waals surface area (Å²) in [6.45, 7) is 6.76. The van der Waals surface area contributed by atoms with Crippen LogP contribution in [0.3, 0.4) is 0 Å². The second kappa shape index (κ2) is 4.39. The summed E-state index contributed by atoms with van der Waals surface area (Å²) >= 11 is 0. The maximum absolute atomic E-state index is 5.50. The summed E-state index contributed by atoms with van der Waals surface area (Å²) in [5.41, 5.74) is 3.35. The van der Waals surface area contributed by atoms with E-state index in [1.54, 1.807) is 0 Å². The molecule has 0 amide bonds. The first-order chi connectivity index (χ1) is 7.70. The highest BCUT2D eigenvalue weighted by molar-refractivity contribution is 5.43. The van der Waals surface area contributed by atoms with Crippen molar-refractivity contribution in [3.8, 4) is 11.4 Å². The van der Waals surface area contributed by atoms with Crippen LogP contribution in [0.1, 0.15) is 18.1 Å². The molecule has 0 saturated heterocycles. The van der Waals surface area contributed by atoms with Crippen LogP contribution in [0.5, 0.6) is 5.75 Å². The molecule has 2 rings (SSSR count). The van der Waals surface area contributed by atoms with Gasteiger partial charge in [0.25, 0.3) is 0 Å². The molecule has 2 aromatic rings. The fourth-order valence-corrected chi connectivity index (χ4v) is 1.65. The molecule has 0 spiro atoms. The third kappa shape index (κ3) is 2.08. The Kier molecular flexibility index (Phi) is 2.95. The summed E-state index contributed by atoms with van der Waals surface area (Å²) in [5, 5.41) is 4.28.